The van der Waals surface area contributed by atoms with Gasteiger partial charge >= 0.3 is 0 Å². The highest BCUT2D eigenvalue weighted by Gasteiger charge is 2.78. The molecule has 4 heteroatoms. The van der Waals surface area contributed by atoms with E-state index in [1.54, 1.807) is 23.3 Å². The minimum absolute atomic E-state index is 0.0507. The highest BCUT2D eigenvalue weighted by Crippen LogP contribution is 2.72. The molecule has 10 atom stereocenters. The Balaban J connectivity index is 1.03. The fourth-order valence-corrected chi connectivity index (χ4v) is 10.8. The molecule has 206 valence electrons. The van der Waals surface area contributed by atoms with Crippen LogP contribution in [0.25, 0.3) is 0 Å². The van der Waals surface area contributed by atoms with Crippen LogP contribution in [-0.4, -0.2) is 46.7 Å². The van der Waals surface area contributed by atoms with Crippen LogP contribution in [0, 0.1) is 40.4 Å². The number of phenols is 1. The van der Waals surface area contributed by atoms with E-state index in [9.17, 15) is 5.11 Å². The Hall–Kier alpha value is -2.17. The van der Waals surface area contributed by atoms with Crippen molar-refractivity contribution in [2.75, 3.05) is 13.1 Å². The van der Waals surface area contributed by atoms with Gasteiger partial charge in [0, 0.05) is 30.5 Å². The number of hydrogen-bond acceptors (Lipinski definition) is 4. The average Bonchev–Trinajstić information content (AvgIpc) is 3.50. The number of hydrogen-bond donors (Lipinski definition) is 1. The van der Waals surface area contributed by atoms with Gasteiger partial charge in [-0.2, -0.15) is 0 Å². The monoisotopic (exact) mass is 524 g/mol. The van der Waals surface area contributed by atoms with Gasteiger partial charge in [-0.1, -0.05) is 56.2 Å². The van der Waals surface area contributed by atoms with E-state index in [2.05, 4.69) is 56.9 Å². The molecule has 0 aromatic heterocycles. The SMILES string of the molecule is C[C@H]1C[C@H]2O[C@]23[C@@H](C)[C@H]2[C@H](C[C@H]4[C@@H]5CCC6=CC(=NCCc7ccc(O)cc7)C=C[C@]6(C)C5=CC[C@]24C)N3C1. The third-order valence-electron chi connectivity index (χ3n) is 12.6. The van der Waals surface area contributed by atoms with E-state index >= 15 is 0 Å². The van der Waals surface area contributed by atoms with Crippen molar-refractivity contribution in [3.63, 3.8) is 0 Å². The Bertz CT molecular complexity index is 1320. The van der Waals surface area contributed by atoms with Crippen molar-refractivity contribution in [1.82, 2.24) is 4.90 Å². The van der Waals surface area contributed by atoms with Crippen LogP contribution >= 0.6 is 0 Å². The molecule has 4 nitrogen and oxygen atoms in total. The third kappa shape index (κ3) is 3.28. The maximum atomic E-state index is 9.53. The van der Waals surface area contributed by atoms with Gasteiger partial charge in [-0.25, -0.2) is 0 Å². The molecule has 7 aliphatic rings. The number of aromatic hydroxyl groups is 1. The molecule has 5 fully saturated rings. The van der Waals surface area contributed by atoms with Crippen molar-refractivity contribution in [3.8, 4) is 5.75 Å². The summed E-state index contributed by atoms with van der Waals surface area (Å²) >= 11 is 0. The van der Waals surface area contributed by atoms with Gasteiger partial charge in [0.05, 0.1) is 5.71 Å². The number of piperidine rings is 1. The molecule has 0 amide bonds. The first-order chi connectivity index (χ1) is 18.7. The van der Waals surface area contributed by atoms with Crippen molar-refractivity contribution in [2.45, 2.75) is 84.1 Å². The third-order valence-corrected chi connectivity index (χ3v) is 12.6. The molecule has 2 saturated carbocycles. The van der Waals surface area contributed by atoms with Crippen LogP contribution in [0.1, 0.15) is 65.4 Å². The molecule has 0 radical (unpaired) electrons. The fraction of sp³-hybridized carbons (Fsp3) is 0.629. The summed E-state index contributed by atoms with van der Waals surface area (Å²) in [4.78, 5) is 7.82. The number of fused-ring (bicyclic) bond motifs is 8. The largest absolute Gasteiger partial charge is 0.508 e. The Morgan fingerprint density at radius 2 is 1.95 bits per heavy atom. The van der Waals surface area contributed by atoms with E-state index in [1.807, 2.05) is 12.1 Å². The second-order valence-electron chi connectivity index (χ2n) is 14.5. The second-order valence-corrected chi connectivity index (χ2v) is 14.5. The minimum Gasteiger partial charge on any atom is -0.508 e. The fourth-order valence-electron chi connectivity index (χ4n) is 10.8. The Labute approximate surface area is 233 Å². The van der Waals surface area contributed by atoms with Gasteiger partial charge in [0.1, 0.15) is 11.9 Å². The number of benzene rings is 1. The minimum atomic E-state index is 0.0507. The lowest BCUT2D eigenvalue weighted by Gasteiger charge is -2.53. The second kappa shape index (κ2) is 8.19. The van der Waals surface area contributed by atoms with Gasteiger partial charge in [-0.3, -0.25) is 9.89 Å². The van der Waals surface area contributed by atoms with Crippen molar-refractivity contribution in [2.24, 2.45) is 45.4 Å². The first-order valence-corrected chi connectivity index (χ1v) is 15.6. The van der Waals surface area contributed by atoms with Gasteiger partial charge in [0.2, 0.25) is 0 Å². The summed E-state index contributed by atoms with van der Waals surface area (Å²) in [5.74, 6) is 3.97. The number of epoxide rings is 1. The molecule has 3 aliphatic heterocycles. The van der Waals surface area contributed by atoms with Crippen molar-refractivity contribution < 1.29 is 9.84 Å². The summed E-state index contributed by atoms with van der Waals surface area (Å²) in [7, 11) is 0. The Kier molecular flexibility index (Phi) is 5.17. The molecule has 8 rings (SSSR count). The molecule has 1 N–H and O–H groups in total. The lowest BCUT2D eigenvalue weighted by molar-refractivity contribution is 0.0229. The van der Waals surface area contributed by atoms with Gasteiger partial charge in [-0.05, 0) is 104 Å². The van der Waals surface area contributed by atoms with Gasteiger partial charge in [0.25, 0.3) is 0 Å². The van der Waals surface area contributed by atoms with Crippen LogP contribution in [0.4, 0.5) is 0 Å². The molecule has 1 aromatic rings. The number of nitrogens with zero attached hydrogens (tertiary/aromatic N) is 2. The number of rotatable bonds is 3. The van der Waals surface area contributed by atoms with Crippen LogP contribution in [0.2, 0.25) is 0 Å². The Morgan fingerprint density at radius 3 is 2.77 bits per heavy atom. The molecule has 3 saturated heterocycles. The standard InChI is InChI=1S/C35H44N2O2/c1-21-17-31-35(39-31)22(2)32-30(37(35)20-21)19-29-27-10-7-24-18-25(36-16-13-23-5-8-26(38)9-6-23)11-14-33(24,3)28(27)12-15-34(29,32)4/h5-6,8-9,11-12,14,18,21-22,27,29-32,38H,7,10,13,15-17,19-20H2,1-4H3/t21-,22-,27+,29-,30-,31+,32-,33-,34-,35+/m0/s1. The lowest BCUT2D eigenvalue weighted by atomic mass is 9.51. The molecule has 1 aromatic carbocycles. The summed E-state index contributed by atoms with van der Waals surface area (Å²) in [5, 5.41) is 9.53. The number of phenolic OH excluding ortho intramolecular Hbond substituents is 1. The molecule has 39 heavy (non-hydrogen) atoms. The van der Waals surface area contributed by atoms with E-state index in [-0.39, 0.29) is 11.1 Å². The number of allylic oxidation sites excluding steroid dienone is 6. The molecular weight excluding hydrogens is 480 g/mol. The average molecular weight is 525 g/mol. The predicted octanol–water partition coefficient (Wildman–Crippen LogP) is 6.72. The van der Waals surface area contributed by atoms with Crippen molar-refractivity contribution in [1.29, 1.82) is 0 Å². The number of aliphatic imine (C=N–C) groups is 1. The van der Waals surface area contributed by atoms with E-state index in [0.717, 1.165) is 36.4 Å². The van der Waals surface area contributed by atoms with Crippen LogP contribution in [-0.2, 0) is 11.2 Å². The molecule has 1 spiro atoms. The summed E-state index contributed by atoms with van der Waals surface area (Å²) in [6, 6.07) is 8.21. The maximum absolute atomic E-state index is 9.53. The highest BCUT2D eigenvalue weighted by atomic mass is 16.6. The topological polar surface area (TPSA) is 48.4 Å². The number of ether oxygens (including phenoxy) is 1. The zero-order chi connectivity index (χ0) is 26.7. The normalized spacial score (nSPS) is 48.3. The Morgan fingerprint density at radius 1 is 1.13 bits per heavy atom. The van der Waals surface area contributed by atoms with E-state index in [4.69, 9.17) is 9.73 Å². The molecule has 0 unspecified atom stereocenters. The van der Waals surface area contributed by atoms with Gasteiger partial charge in [-0.15, -0.1) is 0 Å². The quantitative estimate of drug-likeness (QED) is 0.353. The zero-order valence-electron chi connectivity index (χ0n) is 24.1. The van der Waals surface area contributed by atoms with Crippen LogP contribution < -0.4 is 0 Å². The van der Waals surface area contributed by atoms with E-state index in [0.29, 0.717) is 35.1 Å². The smallest absolute Gasteiger partial charge is 0.151 e. The molecular formula is C35H44N2O2. The summed E-state index contributed by atoms with van der Waals surface area (Å²) < 4.78 is 6.57. The van der Waals surface area contributed by atoms with Gasteiger partial charge in [0.15, 0.2) is 5.72 Å². The summed E-state index contributed by atoms with van der Waals surface area (Å²) in [5.41, 5.74) is 6.12. The first-order valence-electron chi connectivity index (χ1n) is 15.6. The maximum Gasteiger partial charge on any atom is 0.151 e. The van der Waals surface area contributed by atoms with E-state index in [1.165, 1.54) is 44.2 Å². The van der Waals surface area contributed by atoms with Crippen molar-refractivity contribution in [3.05, 3.63) is 65.3 Å². The molecule has 4 aliphatic carbocycles. The first kappa shape index (κ1) is 24.6. The van der Waals surface area contributed by atoms with Crippen LogP contribution in [0.15, 0.2) is 64.7 Å². The molecule has 3 heterocycles. The zero-order valence-corrected chi connectivity index (χ0v) is 24.1. The van der Waals surface area contributed by atoms with Crippen LogP contribution in [0.5, 0.6) is 5.75 Å². The molecule has 0 bridgehead atoms. The van der Waals surface area contributed by atoms with Crippen LogP contribution in [0.3, 0.4) is 0 Å². The van der Waals surface area contributed by atoms with Crippen molar-refractivity contribution >= 4 is 5.71 Å². The summed E-state index contributed by atoms with van der Waals surface area (Å²) in [6.45, 7) is 12.1. The van der Waals surface area contributed by atoms with E-state index < -0.39 is 0 Å². The van der Waals surface area contributed by atoms with Gasteiger partial charge < -0.3 is 9.84 Å². The predicted molar refractivity (Wildman–Crippen MR) is 156 cm³/mol. The highest BCUT2D eigenvalue weighted by molar-refractivity contribution is 6.06. The summed E-state index contributed by atoms with van der Waals surface area (Å²) in [6.07, 6.45) is 17.6. The lowest BCUT2D eigenvalue weighted by Crippen LogP contribution is -2.49.